The lowest BCUT2D eigenvalue weighted by Gasteiger charge is -2.15. The molecular weight excluding hydrogens is 478 g/mol. The summed E-state index contributed by atoms with van der Waals surface area (Å²) in [6.07, 6.45) is 1.62. The standard InChI is InChI=1S/C22H24BrN5O4/c1-12-8-13(9-18(31-4)19(12)32-5)26-22-25-11-16(23)20(28-22)27-17-10-14(30-3)6-7-15(17)21(29)24-2/h6-11H,1-5H3,(H,24,29)(H2,25,26,27,28). The number of ether oxygens (including phenoxy) is 3. The Labute approximate surface area is 194 Å². The Kier molecular flexibility index (Phi) is 7.37. The summed E-state index contributed by atoms with van der Waals surface area (Å²) in [5.74, 6) is 2.45. The van der Waals surface area contributed by atoms with Crippen molar-refractivity contribution in [1.82, 2.24) is 15.3 Å². The van der Waals surface area contributed by atoms with Crippen LogP contribution in [0.3, 0.4) is 0 Å². The fourth-order valence-corrected chi connectivity index (χ4v) is 3.38. The maximum atomic E-state index is 12.3. The van der Waals surface area contributed by atoms with Crippen molar-refractivity contribution in [2.24, 2.45) is 0 Å². The van der Waals surface area contributed by atoms with Crippen molar-refractivity contribution in [2.75, 3.05) is 39.0 Å². The van der Waals surface area contributed by atoms with Crippen LogP contribution in [0.1, 0.15) is 15.9 Å². The predicted octanol–water partition coefficient (Wildman–Crippen LogP) is 4.42. The second-order valence-electron chi connectivity index (χ2n) is 6.66. The Bertz CT molecular complexity index is 1140. The molecule has 0 saturated heterocycles. The molecule has 3 N–H and O–H groups in total. The van der Waals surface area contributed by atoms with E-state index in [-0.39, 0.29) is 5.91 Å². The van der Waals surface area contributed by atoms with Crippen molar-refractivity contribution in [2.45, 2.75) is 6.92 Å². The topological polar surface area (TPSA) is 107 Å². The van der Waals surface area contributed by atoms with Gasteiger partial charge in [0.2, 0.25) is 5.95 Å². The summed E-state index contributed by atoms with van der Waals surface area (Å²) in [6, 6.07) is 8.84. The Morgan fingerprint density at radius 1 is 1.03 bits per heavy atom. The van der Waals surface area contributed by atoms with Crippen molar-refractivity contribution in [1.29, 1.82) is 0 Å². The number of methoxy groups -OCH3 is 3. The van der Waals surface area contributed by atoms with Crippen LogP contribution in [0.4, 0.5) is 23.1 Å². The number of rotatable bonds is 8. The number of benzene rings is 2. The maximum Gasteiger partial charge on any atom is 0.253 e. The van der Waals surface area contributed by atoms with E-state index in [1.165, 1.54) is 0 Å². The third kappa shape index (κ3) is 5.02. The van der Waals surface area contributed by atoms with Gasteiger partial charge in [-0.15, -0.1) is 0 Å². The highest BCUT2D eigenvalue weighted by atomic mass is 79.9. The zero-order valence-electron chi connectivity index (χ0n) is 18.4. The van der Waals surface area contributed by atoms with Crippen LogP contribution in [0, 0.1) is 6.92 Å². The first-order valence-electron chi connectivity index (χ1n) is 9.59. The molecule has 0 bridgehead atoms. The number of hydrogen-bond donors (Lipinski definition) is 3. The van der Waals surface area contributed by atoms with E-state index in [4.69, 9.17) is 14.2 Å². The summed E-state index contributed by atoms with van der Waals surface area (Å²) in [4.78, 5) is 21.2. The summed E-state index contributed by atoms with van der Waals surface area (Å²) >= 11 is 3.46. The van der Waals surface area contributed by atoms with Gasteiger partial charge in [0.1, 0.15) is 11.6 Å². The van der Waals surface area contributed by atoms with Crippen LogP contribution < -0.4 is 30.2 Å². The number of anilines is 4. The molecule has 2 aromatic carbocycles. The maximum absolute atomic E-state index is 12.3. The lowest BCUT2D eigenvalue weighted by Crippen LogP contribution is -2.19. The number of hydrogen-bond acceptors (Lipinski definition) is 8. The number of aromatic nitrogens is 2. The quantitative estimate of drug-likeness (QED) is 0.416. The molecule has 1 heterocycles. The lowest BCUT2D eigenvalue weighted by molar-refractivity contribution is 0.0964. The molecule has 0 aliphatic rings. The van der Waals surface area contributed by atoms with Crippen molar-refractivity contribution in [3.63, 3.8) is 0 Å². The average molecular weight is 502 g/mol. The Morgan fingerprint density at radius 3 is 2.47 bits per heavy atom. The number of aryl methyl sites for hydroxylation is 1. The van der Waals surface area contributed by atoms with Crippen LogP contribution in [-0.4, -0.2) is 44.3 Å². The zero-order chi connectivity index (χ0) is 23.3. The molecule has 0 fully saturated rings. The highest BCUT2D eigenvalue weighted by Crippen LogP contribution is 2.35. The van der Waals surface area contributed by atoms with E-state index in [0.717, 1.165) is 11.3 Å². The van der Waals surface area contributed by atoms with E-state index in [1.54, 1.807) is 58.8 Å². The summed E-state index contributed by atoms with van der Waals surface area (Å²) in [5, 5.41) is 8.99. The Morgan fingerprint density at radius 2 is 1.81 bits per heavy atom. The minimum absolute atomic E-state index is 0.237. The second-order valence-corrected chi connectivity index (χ2v) is 7.51. The van der Waals surface area contributed by atoms with Gasteiger partial charge >= 0.3 is 0 Å². The SMILES string of the molecule is CNC(=O)c1ccc(OC)cc1Nc1nc(Nc2cc(C)c(OC)c(OC)c2)ncc1Br. The van der Waals surface area contributed by atoms with E-state index in [2.05, 4.69) is 41.8 Å². The smallest absolute Gasteiger partial charge is 0.253 e. The van der Waals surface area contributed by atoms with Gasteiger partial charge in [0, 0.05) is 31.1 Å². The van der Waals surface area contributed by atoms with Gasteiger partial charge in [-0.05, 0) is 46.6 Å². The molecule has 0 radical (unpaired) electrons. The minimum Gasteiger partial charge on any atom is -0.497 e. The minimum atomic E-state index is -0.237. The van der Waals surface area contributed by atoms with E-state index in [1.807, 2.05) is 13.0 Å². The van der Waals surface area contributed by atoms with Gasteiger partial charge in [-0.3, -0.25) is 4.79 Å². The van der Waals surface area contributed by atoms with Gasteiger partial charge in [-0.2, -0.15) is 4.98 Å². The van der Waals surface area contributed by atoms with Crippen LogP contribution in [0.2, 0.25) is 0 Å². The van der Waals surface area contributed by atoms with Gasteiger partial charge < -0.3 is 30.2 Å². The van der Waals surface area contributed by atoms with Crippen molar-refractivity contribution in [3.05, 3.63) is 52.1 Å². The van der Waals surface area contributed by atoms with Crippen molar-refractivity contribution < 1.29 is 19.0 Å². The lowest BCUT2D eigenvalue weighted by atomic mass is 10.1. The van der Waals surface area contributed by atoms with Crippen LogP contribution in [0.5, 0.6) is 17.2 Å². The van der Waals surface area contributed by atoms with E-state index < -0.39 is 0 Å². The number of carbonyl (C=O) groups excluding carboxylic acids is 1. The molecule has 0 unspecified atom stereocenters. The molecule has 3 aromatic rings. The van der Waals surface area contributed by atoms with E-state index in [9.17, 15) is 4.79 Å². The number of nitrogens with one attached hydrogen (secondary N) is 3. The van der Waals surface area contributed by atoms with Crippen LogP contribution in [0.25, 0.3) is 0 Å². The largest absolute Gasteiger partial charge is 0.497 e. The van der Waals surface area contributed by atoms with Gasteiger partial charge in [-0.25, -0.2) is 4.98 Å². The molecule has 0 atom stereocenters. The molecule has 0 spiro atoms. The first kappa shape index (κ1) is 23.1. The predicted molar refractivity (Wildman–Crippen MR) is 127 cm³/mol. The van der Waals surface area contributed by atoms with Gasteiger partial charge in [0.15, 0.2) is 11.5 Å². The molecule has 1 amide bonds. The van der Waals surface area contributed by atoms with Crippen LogP contribution in [0.15, 0.2) is 41.0 Å². The number of carbonyl (C=O) groups is 1. The molecule has 0 aliphatic heterocycles. The molecule has 168 valence electrons. The molecule has 3 rings (SSSR count). The van der Waals surface area contributed by atoms with E-state index >= 15 is 0 Å². The second kappa shape index (κ2) is 10.2. The molecule has 32 heavy (non-hydrogen) atoms. The average Bonchev–Trinajstić information content (AvgIpc) is 2.80. The molecule has 0 saturated carbocycles. The first-order valence-corrected chi connectivity index (χ1v) is 10.4. The molecule has 10 heteroatoms. The number of amides is 1. The van der Waals surface area contributed by atoms with E-state index in [0.29, 0.717) is 44.7 Å². The normalized spacial score (nSPS) is 10.3. The highest BCUT2D eigenvalue weighted by molar-refractivity contribution is 9.10. The van der Waals surface area contributed by atoms with Gasteiger partial charge in [-0.1, -0.05) is 0 Å². The van der Waals surface area contributed by atoms with Crippen LogP contribution >= 0.6 is 15.9 Å². The highest BCUT2D eigenvalue weighted by Gasteiger charge is 2.15. The number of halogens is 1. The van der Waals surface area contributed by atoms with Gasteiger partial charge in [0.25, 0.3) is 5.91 Å². The molecule has 1 aromatic heterocycles. The molecule has 9 nitrogen and oxygen atoms in total. The third-order valence-corrected chi connectivity index (χ3v) is 5.20. The first-order chi connectivity index (χ1) is 15.4. The Hall–Kier alpha value is -3.53. The van der Waals surface area contributed by atoms with Crippen LogP contribution in [-0.2, 0) is 0 Å². The molecular formula is C22H24BrN5O4. The zero-order valence-corrected chi connectivity index (χ0v) is 20.0. The third-order valence-electron chi connectivity index (χ3n) is 4.62. The van der Waals surface area contributed by atoms with Gasteiger partial charge in [0.05, 0.1) is 37.1 Å². The van der Waals surface area contributed by atoms with Crippen molar-refractivity contribution >= 4 is 45.0 Å². The fraction of sp³-hybridized carbons (Fsp3) is 0.227. The summed E-state index contributed by atoms with van der Waals surface area (Å²) in [6.45, 7) is 1.92. The monoisotopic (exact) mass is 501 g/mol. The Balaban J connectivity index is 1.94. The summed E-state index contributed by atoms with van der Waals surface area (Å²) in [5.41, 5.74) is 2.62. The summed E-state index contributed by atoms with van der Waals surface area (Å²) < 4.78 is 16.7. The molecule has 0 aliphatic carbocycles. The van der Waals surface area contributed by atoms with Crippen molar-refractivity contribution in [3.8, 4) is 17.2 Å². The fourth-order valence-electron chi connectivity index (χ4n) is 3.09. The number of nitrogens with zero attached hydrogens (tertiary/aromatic N) is 2. The summed E-state index contributed by atoms with van der Waals surface area (Å²) in [7, 11) is 6.31.